The number of hydrogen-bond donors (Lipinski definition) is 1. The molecule has 1 fully saturated rings. The van der Waals surface area contributed by atoms with Crippen LogP contribution in [0.1, 0.15) is 37.0 Å². The lowest BCUT2D eigenvalue weighted by Crippen LogP contribution is -2.48. The first-order valence-corrected chi connectivity index (χ1v) is 7.82. The maximum absolute atomic E-state index is 12.4. The SMILES string of the molecule is O=C(N1CC=C(c2cccs2)CC1)C1(O)CCCC1. The number of hydrogen-bond acceptors (Lipinski definition) is 3. The van der Waals surface area contributed by atoms with E-state index < -0.39 is 5.60 Å². The van der Waals surface area contributed by atoms with Crippen molar-refractivity contribution in [3.8, 4) is 0 Å². The molecule has 1 amide bonds. The average Bonchev–Trinajstić information content (AvgIpc) is 3.10. The lowest BCUT2D eigenvalue weighted by atomic mass is 9.98. The molecule has 1 N–H and O–H groups in total. The Morgan fingerprint density at radius 3 is 2.74 bits per heavy atom. The fraction of sp³-hybridized carbons (Fsp3) is 0.533. The number of carbonyl (C=O) groups is 1. The van der Waals surface area contributed by atoms with Crippen molar-refractivity contribution in [2.45, 2.75) is 37.7 Å². The molecule has 2 heterocycles. The molecule has 102 valence electrons. The van der Waals surface area contributed by atoms with Gasteiger partial charge in [0.15, 0.2) is 0 Å². The number of aliphatic hydroxyl groups is 1. The first-order chi connectivity index (χ1) is 9.19. The van der Waals surface area contributed by atoms with Gasteiger partial charge in [-0.15, -0.1) is 11.3 Å². The normalized spacial score (nSPS) is 22.4. The van der Waals surface area contributed by atoms with Gasteiger partial charge in [-0.25, -0.2) is 0 Å². The smallest absolute Gasteiger partial charge is 0.254 e. The molecule has 0 spiro atoms. The molecule has 1 aromatic rings. The average molecular weight is 277 g/mol. The second-order valence-electron chi connectivity index (χ2n) is 5.45. The van der Waals surface area contributed by atoms with E-state index >= 15 is 0 Å². The van der Waals surface area contributed by atoms with Crippen molar-refractivity contribution in [1.82, 2.24) is 4.90 Å². The van der Waals surface area contributed by atoms with Crippen LogP contribution in [0.5, 0.6) is 0 Å². The Bertz CT molecular complexity index is 486. The van der Waals surface area contributed by atoms with Crippen LogP contribution in [0.15, 0.2) is 23.6 Å². The monoisotopic (exact) mass is 277 g/mol. The molecule has 0 aromatic carbocycles. The van der Waals surface area contributed by atoms with Crippen molar-refractivity contribution in [3.63, 3.8) is 0 Å². The second-order valence-corrected chi connectivity index (χ2v) is 6.39. The van der Waals surface area contributed by atoms with E-state index in [1.165, 1.54) is 10.5 Å². The third kappa shape index (κ3) is 2.47. The molecule has 0 radical (unpaired) electrons. The maximum atomic E-state index is 12.4. The van der Waals surface area contributed by atoms with Crippen LogP contribution >= 0.6 is 11.3 Å². The van der Waals surface area contributed by atoms with Crippen molar-refractivity contribution in [2.75, 3.05) is 13.1 Å². The minimum absolute atomic E-state index is 0.0634. The molecule has 2 aliphatic rings. The van der Waals surface area contributed by atoms with Crippen molar-refractivity contribution < 1.29 is 9.90 Å². The van der Waals surface area contributed by atoms with Gasteiger partial charge in [-0.3, -0.25) is 4.79 Å². The first kappa shape index (κ1) is 12.9. The Hall–Kier alpha value is -1.13. The van der Waals surface area contributed by atoms with Gasteiger partial charge in [0.1, 0.15) is 5.60 Å². The molecule has 0 bridgehead atoms. The minimum atomic E-state index is -1.08. The molecular formula is C15H19NO2S. The summed E-state index contributed by atoms with van der Waals surface area (Å²) in [5.41, 5.74) is 0.256. The quantitative estimate of drug-likeness (QED) is 0.903. The molecule has 0 atom stereocenters. The summed E-state index contributed by atoms with van der Waals surface area (Å²) >= 11 is 1.74. The molecule has 1 aliphatic heterocycles. The van der Waals surface area contributed by atoms with Gasteiger partial charge in [-0.05, 0) is 49.1 Å². The first-order valence-electron chi connectivity index (χ1n) is 6.94. The minimum Gasteiger partial charge on any atom is -0.380 e. The number of nitrogens with zero attached hydrogens (tertiary/aromatic N) is 1. The molecule has 19 heavy (non-hydrogen) atoms. The molecule has 0 saturated heterocycles. The maximum Gasteiger partial charge on any atom is 0.254 e. The van der Waals surface area contributed by atoms with Gasteiger partial charge in [0.05, 0.1) is 0 Å². The van der Waals surface area contributed by atoms with E-state index in [1.54, 1.807) is 11.3 Å². The lowest BCUT2D eigenvalue weighted by molar-refractivity contribution is -0.150. The summed E-state index contributed by atoms with van der Waals surface area (Å²) < 4.78 is 0. The van der Waals surface area contributed by atoms with Crippen LogP contribution in [0.3, 0.4) is 0 Å². The van der Waals surface area contributed by atoms with Crippen molar-refractivity contribution in [1.29, 1.82) is 0 Å². The summed E-state index contributed by atoms with van der Waals surface area (Å²) in [6.45, 7) is 1.36. The molecule has 1 aliphatic carbocycles. The van der Waals surface area contributed by atoms with E-state index in [0.717, 1.165) is 25.8 Å². The zero-order chi connectivity index (χ0) is 13.3. The highest BCUT2D eigenvalue weighted by atomic mass is 32.1. The number of carbonyl (C=O) groups excluding carboxylic acids is 1. The van der Waals surface area contributed by atoms with Crippen LogP contribution in [-0.2, 0) is 4.79 Å². The van der Waals surface area contributed by atoms with Gasteiger partial charge in [0.2, 0.25) is 0 Å². The highest BCUT2D eigenvalue weighted by Gasteiger charge is 2.41. The number of thiophene rings is 1. The fourth-order valence-corrected chi connectivity index (χ4v) is 3.80. The molecule has 1 saturated carbocycles. The molecule has 4 heteroatoms. The zero-order valence-corrected chi connectivity index (χ0v) is 11.8. The van der Waals surface area contributed by atoms with Gasteiger partial charge in [0, 0.05) is 18.0 Å². The van der Waals surface area contributed by atoms with E-state index in [9.17, 15) is 9.90 Å². The second kappa shape index (κ2) is 5.10. The van der Waals surface area contributed by atoms with Crippen LogP contribution in [0.25, 0.3) is 5.57 Å². The Kier molecular flexibility index (Phi) is 3.46. The predicted molar refractivity (Wildman–Crippen MR) is 76.9 cm³/mol. The summed E-state index contributed by atoms with van der Waals surface area (Å²) in [5.74, 6) is -0.0634. The molecular weight excluding hydrogens is 258 g/mol. The molecule has 1 aromatic heterocycles. The van der Waals surface area contributed by atoms with Crippen LogP contribution in [0.2, 0.25) is 0 Å². The van der Waals surface area contributed by atoms with Crippen LogP contribution in [0, 0.1) is 0 Å². The van der Waals surface area contributed by atoms with Gasteiger partial charge in [0.25, 0.3) is 5.91 Å². The predicted octanol–water partition coefficient (Wildman–Crippen LogP) is 2.67. The van der Waals surface area contributed by atoms with Crippen LogP contribution in [-0.4, -0.2) is 34.6 Å². The van der Waals surface area contributed by atoms with E-state index in [2.05, 4.69) is 23.6 Å². The van der Waals surface area contributed by atoms with Crippen LogP contribution in [0.4, 0.5) is 0 Å². The van der Waals surface area contributed by atoms with Crippen molar-refractivity contribution in [2.24, 2.45) is 0 Å². The standard InChI is InChI=1S/C15H19NO2S/c17-14(15(18)7-1-2-8-15)16-9-5-12(6-10-16)13-4-3-11-19-13/h3-5,11,18H,1-2,6-10H2. The van der Waals surface area contributed by atoms with E-state index in [4.69, 9.17) is 0 Å². The van der Waals surface area contributed by atoms with Crippen molar-refractivity contribution in [3.05, 3.63) is 28.5 Å². The number of amides is 1. The summed E-state index contributed by atoms with van der Waals surface area (Å²) in [4.78, 5) is 15.5. The highest BCUT2D eigenvalue weighted by Crippen LogP contribution is 2.33. The third-order valence-electron chi connectivity index (χ3n) is 4.16. The van der Waals surface area contributed by atoms with Crippen molar-refractivity contribution >= 4 is 22.8 Å². The van der Waals surface area contributed by atoms with E-state index in [0.29, 0.717) is 19.4 Å². The number of rotatable bonds is 2. The van der Waals surface area contributed by atoms with Gasteiger partial charge in [-0.1, -0.05) is 12.1 Å². The topological polar surface area (TPSA) is 40.5 Å². The van der Waals surface area contributed by atoms with Gasteiger partial charge in [-0.2, -0.15) is 0 Å². The summed E-state index contributed by atoms with van der Waals surface area (Å²) in [6, 6.07) is 4.18. The largest absolute Gasteiger partial charge is 0.380 e. The van der Waals surface area contributed by atoms with Gasteiger partial charge < -0.3 is 10.0 Å². The molecule has 3 nitrogen and oxygen atoms in total. The Morgan fingerprint density at radius 2 is 2.16 bits per heavy atom. The third-order valence-corrected chi connectivity index (χ3v) is 5.11. The summed E-state index contributed by atoms with van der Waals surface area (Å²) in [6.07, 6.45) is 6.21. The Morgan fingerprint density at radius 1 is 1.37 bits per heavy atom. The zero-order valence-electron chi connectivity index (χ0n) is 11.0. The Balaban J connectivity index is 1.68. The lowest BCUT2D eigenvalue weighted by Gasteiger charge is -2.32. The molecule has 0 unspecified atom stereocenters. The van der Waals surface area contributed by atoms with E-state index in [-0.39, 0.29) is 5.91 Å². The molecule has 3 rings (SSSR count). The van der Waals surface area contributed by atoms with Gasteiger partial charge >= 0.3 is 0 Å². The van der Waals surface area contributed by atoms with E-state index in [1.807, 2.05) is 4.90 Å². The Labute approximate surface area is 117 Å². The fourth-order valence-electron chi connectivity index (χ4n) is 3.01. The summed E-state index contributed by atoms with van der Waals surface area (Å²) in [7, 11) is 0. The van der Waals surface area contributed by atoms with Crippen LogP contribution < -0.4 is 0 Å². The summed E-state index contributed by atoms with van der Waals surface area (Å²) in [5, 5.41) is 12.4. The highest BCUT2D eigenvalue weighted by molar-refractivity contribution is 7.11.